The molecule has 0 aliphatic rings. The van der Waals surface area contributed by atoms with Crippen LogP contribution in [0.1, 0.15) is 25.3 Å². The van der Waals surface area contributed by atoms with Gasteiger partial charge < -0.3 is 15.8 Å². The molecule has 0 aromatic heterocycles. The van der Waals surface area contributed by atoms with Crippen LogP contribution in [0, 0.1) is 5.82 Å². The lowest BCUT2D eigenvalue weighted by Gasteiger charge is -2.10. The number of thiocarbonyl (C=S) groups is 1. The summed E-state index contributed by atoms with van der Waals surface area (Å²) in [5.74, 6) is -0.664. The molecule has 1 atom stereocenters. The van der Waals surface area contributed by atoms with Crippen LogP contribution >= 0.6 is 12.2 Å². The van der Waals surface area contributed by atoms with Crippen molar-refractivity contribution in [1.82, 2.24) is 0 Å². The standard InChI is InChI=1S/C13H17FN2O2S/c1-8(18-2)3-6-12(17)16-9-4-5-11(14)10(7-9)13(15)19/h4-5,7-8H,3,6H2,1-2H3,(H2,15,19)(H,16,17). The van der Waals surface area contributed by atoms with Crippen LogP contribution in [0.15, 0.2) is 18.2 Å². The highest BCUT2D eigenvalue weighted by Crippen LogP contribution is 2.15. The molecule has 1 amide bonds. The summed E-state index contributed by atoms with van der Waals surface area (Å²) in [5.41, 5.74) is 5.99. The minimum absolute atomic E-state index is 0.0196. The van der Waals surface area contributed by atoms with Crippen molar-refractivity contribution < 1.29 is 13.9 Å². The maximum atomic E-state index is 13.4. The number of rotatable bonds is 6. The van der Waals surface area contributed by atoms with Crippen LogP contribution in [-0.2, 0) is 9.53 Å². The lowest BCUT2D eigenvalue weighted by molar-refractivity contribution is -0.116. The van der Waals surface area contributed by atoms with Crippen molar-refractivity contribution in [3.63, 3.8) is 0 Å². The summed E-state index contributed by atoms with van der Waals surface area (Å²) in [5, 5.41) is 2.67. The topological polar surface area (TPSA) is 64.3 Å². The van der Waals surface area contributed by atoms with Crippen molar-refractivity contribution in [2.75, 3.05) is 12.4 Å². The largest absolute Gasteiger partial charge is 0.389 e. The Morgan fingerprint density at radius 2 is 2.26 bits per heavy atom. The van der Waals surface area contributed by atoms with Crippen LogP contribution in [0.3, 0.4) is 0 Å². The van der Waals surface area contributed by atoms with Gasteiger partial charge in [-0.1, -0.05) is 12.2 Å². The predicted molar refractivity (Wildman–Crippen MR) is 76.6 cm³/mol. The fraction of sp³-hybridized carbons (Fsp3) is 0.385. The van der Waals surface area contributed by atoms with E-state index in [1.807, 2.05) is 6.92 Å². The molecule has 6 heteroatoms. The first-order valence-electron chi connectivity index (χ1n) is 5.86. The van der Waals surface area contributed by atoms with Gasteiger partial charge in [0.25, 0.3) is 0 Å². The molecular weight excluding hydrogens is 267 g/mol. The number of carbonyl (C=O) groups is 1. The number of methoxy groups -OCH3 is 1. The molecule has 0 spiro atoms. The summed E-state index contributed by atoms with van der Waals surface area (Å²) < 4.78 is 18.4. The number of anilines is 1. The first-order chi connectivity index (χ1) is 8.93. The molecule has 0 aliphatic carbocycles. The Labute approximate surface area is 117 Å². The maximum Gasteiger partial charge on any atom is 0.224 e. The van der Waals surface area contributed by atoms with E-state index in [-0.39, 0.29) is 22.6 Å². The quantitative estimate of drug-likeness (QED) is 0.786. The van der Waals surface area contributed by atoms with Gasteiger partial charge in [0.1, 0.15) is 10.8 Å². The van der Waals surface area contributed by atoms with Crippen molar-refractivity contribution in [2.24, 2.45) is 5.73 Å². The number of ether oxygens (including phenoxy) is 1. The van der Waals surface area contributed by atoms with Gasteiger partial charge in [-0.25, -0.2) is 4.39 Å². The molecule has 4 nitrogen and oxygen atoms in total. The van der Waals surface area contributed by atoms with Crippen molar-refractivity contribution in [3.05, 3.63) is 29.6 Å². The smallest absolute Gasteiger partial charge is 0.224 e. The molecule has 0 bridgehead atoms. The number of benzene rings is 1. The Morgan fingerprint density at radius 3 is 2.84 bits per heavy atom. The molecule has 3 N–H and O–H groups in total. The van der Waals surface area contributed by atoms with E-state index in [9.17, 15) is 9.18 Å². The SMILES string of the molecule is COC(C)CCC(=O)Nc1ccc(F)c(C(N)=S)c1. The van der Waals surface area contributed by atoms with Crippen LogP contribution in [0.4, 0.5) is 10.1 Å². The van der Waals surface area contributed by atoms with Gasteiger partial charge in [0, 0.05) is 24.8 Å². The Bertz CT molecular complexity index is 480. The highest BCUT2D eigenvalue weighted by Gasteiger charge is 2.09. The number of hydrogen-bond acceptors (Lipinski definition) is 3. The first-order valence-corrected chi connectivity index (χ1v) is 6.27. The third kappa shape index (κ3) is 4.92. The molecule has 19 heavy (non-hydrogen) atoms. The third-order valence-electron chi connectivity index (χ3n) is 2.70. The molecule has 1 aromatic carbocycles. The number of nitrogens with two attached hydrogens (primary N) is 1. The van der Waals surface area contributed by atoms with E-state index in [0.717, 1.165) is 0 Å². The fourth-order valence-corrected chi connectivity index (χ4v) is 1.62. The van der Waals surface area contributed by atoms with E-state index in [2.05, 4.69) is 5.32 Å². The maximum absolute atomic E-state index is 13.4. The Kier molecular flexibility index (Phi) is 5.85. The summed E-state index contributed by atoms with van der Waals surface area (Å²) >= 11 is 4.73. The van der Waals surface area contributed by atoms with Crippen LogP contribution in [0.2, 0.25) is 0 Å². The highest BCUT2D eigenvalue weighted by atomic mass is 32.1. The second-order valence-corrected chi connectivity index (χ2v) is 4.63. The zero-order valence-electron chi connectivity index (χ0n) is 10.9. The molecule has 0 fully saturated rings. The second kappa shape index (κ2) is 7.16. The zero-order chi connectivity index (χ0) is 14.4. The fourth-order valence-electron chi connectivity index (χ4n) is 1.47. The summed E-state index contributed by atoms with van der Waals surface area (Å²) in [6.07, 6.45) is 0.964. The van der Waals surface area contributed by atoms with Crippen molar-refractivity contribution in [3.8, 4) is 0 Å². The van der Waals surface area contributed by atoms with Gasteiger partial charge in [-0.2, -0.15) is 0 Å². The first kappa shape index (κ1) is 15.5. The van der Waals surface area contributed by atoms with E-state index in [1.54, 1.807) is 7.11 Å². The second-order valence-electron chi connectivity index (χ2n) is 4.19. The molecule has 1 unspecified atom stereocenters. The van der Waals surface area contributed by atoms with E-state index in [0.29, 0.717) is 18.5 Å². The number of halogens is 1. The van der Waals surface area contributed by atoms with Gasteiger partial charge in [-0.3, -0.25) is 4.79 Å². The van der Waals surface area contributed by atoms with Crippen molar-refractivity contribution >= 4 is 28.8 Å². The van der Waals surface area contributed by atoms with Gasteiger partial charge in [0.15, 0.2) is 0 Å². The Balaban J connectivity index is 2.64. The third-order valence-corrected chi connectivity index (χ3v) is 2.92. The summed E-state index contributed by atoms with van der Waals surface area (Å²) in [7, 11) is 1.59. The molecule has 1 rings (SSSR count). The molecule has 0 aliphatic heterocycles. The van der Waals surface area contributed by atoms with Crippen LogP contribution in [0.25, 0.3) is 0 Å². The van der Waals surface area contributed by atoms with Gasteiger partial charge in [0.05, 0.1) is 6.10 Å². The van der Waals surface area contributed by atoms with Crippen molar-refractivity contribution in [1.29, 1.82) is 0 Å². The summed E-state index contributed by atoms with van der Waals surface area (Å²) in [6, 6.07) is 4.12. The zero-order valence-corrected chi connectivity index (χ0v) is 11.7. The van der Waals surface area contributed by atoms with Gasteiger partial charge >= 0.3 is 0 Å². The van der Waals surface area contributed by atoms with Gasteiger partial charge in [-0.05, 0) is 31.5 Å². The molecule has 0 saturated carbocycles. The molecule has 0 saturated heterocycles. The van der Waals surface area contributed by atoms with Crippen LogP contribution in [0.5, 0.6) is 0 Å². The predicted octanol–water partition coefficient (Wildman–Crippen LogP) is 2.21. The monoisotopic (exact) mass is 284 g/mol. The van der Waals surface area contributed by atoms with Gasteiger partial charge in [-0.15, -0.1) is 0 Å². The molecular formula is C13H17FN2O2S. The van der Waals surface area contributed by atoms with E-state index >= 15 is 0 Å². The van der Waals surface area contributed by atoms with Crippen LogP contribution < -0.4 is 11.1 Å². The average Bonchev–Trinajstić information content (AvgIpc) is 2.37. The number of amides is 1. The Morgan fingerprint density at radius 1 is 1.58 bits per heavy atom. The number of hydrogen-bond donors (Lipinski definition) is 2. The normalized spacial score (nSPS) is 11.9. The lowest BCUT2D eigenvalue weighted by atomic mass is 10.1. The molecule has 104 valence electrons. The summed E-state index contributed by atoms with van der Waals surface area (Å²) in [4.78, 5) is 11.6. The Hall–Kier alpha value is -1.53. The van der Waals surface area contributed by atoms with Crippen molar-refractivity contribution in [2.45, 2.75) is 25.9 Å². The summed E-state index contributed by atoms with van der Waals surface area (Å²) in [6.45, 7) is 1.89. The van der Waals surface area contributed by atoms with E-state index in [1.165, 1.54) is 18.2 Å². The van der Waals surface area contributed by atoms with E-state index in [4.69, 9.17) is 22.7 Å². The minimum atomic E-state index is -0.501. The van der Waals surface area contributed by atoms with E-state index < -0.39 is 5.82 Å². The molecule has 1 aromatic rings. The lowest BCUT2D eigenvalue weighted by Crippen LogP contribution is -2.16. The molecule has 0 radical (unpaired) electrons. The highest BCUT2D eigenvalue weighted by molar-refractivity contribution is 7.80. The minimum Gasteiger partial charge on any atom is -0.389 e. The van der Waals surface area contributed by atoms with Gasteiger partial charge in [0.2, 0.25) is 5.91 Å². The molecule has 0 heterocycles. The average molecular weight is 284 g/mol. The van der Waals surface area contributed by atoms with Crippen LogP contribution in [-0.4, -0.2) is 24.1 Å². The number of nitrogens with one attached hydrogen (secondary N) is 1. The number of carbonyl (C=O) groups excluding carboxylic acids is 1.